The lowest BCUT2D eigenvalue weighted by Gasteiger charge is -2.11. The fourth-order valence-electron chi connectivity index (χ4n) is 2.55. The van der Waals surface area contributed by atoms with Gasteiger partial charge >= 0.3 is 5.97 Å². The average Bonchev–Trinajstić information content (AvgIpc) is 3.13. The summed E-state index contributed by atoms with van der Waals surface area (Å²) in [6, 6.07) is 7.72. The van der Waals surface area contributed by atoms with Gasteiger partial charge in [-0.1, -0.05) is 12.1 Å². The van der Waals surface area contributed by atoms with E-state index in [2.05, 4.69) is 15.3 Å². The van der Waals surface area contributed by atoms with E-state index < -0.39 is 18.2 Å². The number of rotatable bonds is 5. The summed E-state index contributed by atoms with van der Waals surface area (Å²) in [7, 11) is 0. The zero-order valence-electron chi connectivity index (χ0n) is 11.9. The molecule has 2 aromatic rings. The van der Waals surface area contributed by atoms with Gasteiger partial charge in [-0.25, -0.2) is 9.78 Å². The van der Waals surface area contributed by atoms with Crippen molar-refractivity contribution in [3.8, 4) is 0 Å². The number of H-pyrrole nitrogens is 1. The molecule has 1 amide bonds. The monoisotopic (exact) mass is 303 g/mol. The van der Waals surface area contributed by atoms with Crippen LogP contribution in [0.2, 0.25) is 0 Å². The molecule has 1 saturated heterocycles. The lowest BCUT2D eigenvalue weighted by molar-refractivity contribution is -0.151. The first-order valence-electron chi connectivity index (χ1n) is 7.23. The maximum absolute atomic E-state index is 11.9. The molecule has 0 radical (unpaired) electrons. The maximum Gasteiger partial charge on any atom is 0.332 e. The van der Waals surface area contributed by atoms with E-state index in [1.807, 2.05) is 24.3 Å². The molecule has 2 atom stereocenters. The van der Waals surface area contributed by atoms with Crippen LogP contribution in [0.5, 0.6) is 0 Å². The van der Waals surface area contributed by atoms with Crippen molar-refractivity contribution in [3.05, 3.63) is 30.1 Å². The lowest BCUT2D eigenvalue weighted by Crippen LogP contribution is -2.36. The molecule has 116 valence electrons. The summed E-state index contributed by atoms with van der Waals surface area (Å²) in [6.45, 7) is 0.427. The van der Waals surface area contributed by atoms with E-state index in [-0.39, 0.29) is 5.91 Å². The molecule has 0 bridgehead atoms. The second kappa shape index (κ2) is 6.15. The highest BCUT2D eigenvalue weighted by Gasteiger charge is 2.34. The molecule has 1 fully saturated rings. The number of hydrogen-bond donors (Lipinski definition) is 3. The maximum atomic E-state index is 11.9. The summed E-state index contributed by atoms with van der Waals surface area (Å²) in [6.07, 6.45) is -0.150. The third-order valence-corrected chi connectivity index (χ3v) is 3.69. The number of benzene rings is 1. The van der Waals surface area contributed by atoms with Crippen molar-refractivity contribution >= 4 is 22.9 Å². The number of fused-ring (bicyclic) bond motifs is 1. The summed E-state index contributed by atoms with van der Waals surface area (Å²) < 4.78 is 5.20. The van der Waals surface area contributed by atoms with Crippen LogP contribution in [0, 0.1) is 0 Å². The summed E-state index contributed by atoms with van der Waals surface area (Å²) in [4.78, 5) is 30.3. The van der Waals surface area contributed by atoms with E-state index >= 15 is 0 Å². The highest BCUT2D eigenvalue weighted by atomic mass is 16.5. The van der Waals surface area contributed by atoms with Crippen LogP contribution in [0.4, 0.5) is 0 Å². The van der Waals surface area contributed by atoms with Crippen LogP contribution < -0.4 is 5.32 Å². The Hall–Kier alpha value is -2.41. The number of para-hydroxylation sites is 2. The Morgan fingerprint density at radius 3 is 2.82 bits per heavy atom. The van der Waals surface area contributed by atoms with E-state index in [0.29, 0.717) is 25.8 Å². The molecule has 3 rings (SSSR count). The number of carboxylic acid groups (broad SMARTS) is 1. The number of imidazole rings is 1. The Balaban J connectivity index is 1.48. The van der Waals surface area contributed by atoms with Gasteiger partial charge in [0.25, 0.3) is 0 Å². The van der Waals surface area contributed by atoms with Crippen LogP contribution in [0.3, 0.4) is 0 Å². The van der Waals surface area contributed by atoms with Crippen LogP contribution in [-0.4, -0.2) is 45.7 Å². The first-order chi connectivity index (χ1) is 10.6. The third kappa shape index (κ3) is 3.09. The average molecular weight is 303 g/mol. The number of nitrogens with one attached hydrogen (secondary N) is 2. The van der Waals surface area contributed by atoms with Crippen molar-refractivity contribution in [1.29, 1.82) is 0 Å². The number of aromatic amines is 1. The van der Waals surface area contributed by atoms with Crippen molar-refractivity contribution in [1.82, 2.24) is 15.3 Å². The van der Waals surface area contributed by atoms with Gasteiger partial charge in [0.15, 0.2) is 6.10 Å². The van der Waals surface area contributed by atoms with Gasteiger partial charge in [-0.3, -0.25) is 4.79 Å². The molecule has 7 nitrogen and oxygen atoms in total. The minimum absolute atomic E-state index is 0.264. The Kier molecular flexibility index (Phi) is 4.06. The molecule has 0 aliphatic carbocycles. The minimum Gasteiger partial charge on any atom is -0.479 e. The predicted molar refractivity (Wildman–Crippen MR) is 78.3 cm³/mol. The predicted octanol–water partition coefficient (Wildman–Crippen LogP) is 0.854. The Labute approximate surface area is 126 Å². The summed E-state index contributed by atoms with van der Waals surface area (Å²) in [5.74, 6) is -0.477. The molecule has 2 heterocycles. The fraction of sp³-hybridized carbons (Fsp3) is 0.400. The third-order valence-electron chi connectivity index (χ3n) is 3.69. The normalized spacial score (nSPS) is 21.1. The SMILES string of the molecule is O=C(NCCc1nc2ccccc2[nH]1)[C@@H]1CC[C@H](C(=O)O)O1. The minimum atomic E-state index is -1.02. The second-order valence-electron chi connectivity index (χ2n) is 5.27. The Morgan fingerprint density at radius 2 is 2.09 bits per heavy atom. The summed E-state index contributed by atoms with van der Waals surface area (Å²) in [5.41, 5.74) is 1.86. The van der Waals surface area contributed by atoms with Crippen LogP contribution in [0.25, 0.3) is 11.0 Å². The number of amides is 1. The van der Waals surface area contributed by atoms with Crippen molar-refractivity contribution in [3.63, 3.8) is 0 Å². The van der Waals surface area contributed by atoms with Crippen LogP contribution in [-0.2, 0) is 20.7 Å². The van der Waals surface area contributed by atoms with Gasteiger partial charge in [0.1, 0.15) is 11.9 Å². The molecular formula is C15H17N3O4. The number of nitrogens with zero attached hydrogens (tertiary/aromatic N) is 1. The largest absolute Gasteiger partial charge is 0.479 e. The molecule has 1 aliphatic heterocycles. The number of hydrogen-bond acceptors (Lipinski definition) is 4. The van der Waals surface area contributed by atoms with E-state index in [1.165, 1.54) is 0 Å². The first kappa shape index (κ1) is 14.5. The van der Waals surface area contributed by atoms with Gasteiger partial charge in [0, 0.05) is 13.0 Å². The van der Waals surface area contributed by atoms with Gasteiger partial charge < -0.3 is 20.1 Å². The van der Waals surface area contributed by atoms with Gasteiger partial charge in [-0.2, -0.15) is 0 Å². The topological polar surface area (TPSA) is 104 Å². The molecule has 3 N–H and O–H groups in total. The van der Waals surface area contributed by atoms with E-state index in [4.69, 9.17) is 9.84 Å². The zero-order chi connectivity index (χ0) is 15.5. The summed E-state index contributed by atoms with van der Waals surface area (Å²) >= 11 is 0. The Bertz CT molecular complexity index is 664. The van der Waals surface area contributed by atoms with Crippen LogP contribution in [0.15, 0.2) is 24.3 Å². The van der Waals surface area contributed by atoms with Crippen molar-refractivity contribution in [2.45, 2.75) is 31.5 Å². The number of aromatic nitrogens is 2. The number of carbonyl (C=O) groups excluding carboxylic acids is 1. The van der Waals surface area contributed by atoms with Crippen molar-refractivity contribution < 1.29 is 19.4 Å². The summed E-state index contributed by atoms with van der Waals surface area (Å²) in [5, 5.41) is 11.6. The fourth-order valence-corrected chi connectivity index (χ4v) is 2.55. The smallest absolute Gasteiger partial charge is 0.332 e. The molecule has 1 aromatic carbocycles. The standard InChI is InChI=1S/C15H17N3O4/c19-14(11-5-6-12(22-11)15(20)21)16-8-7-13-17-9-3-1-2-4-10(9)18-13/h1-4,11-12H,5-8H2,(H,16,19)(H,17,18)(H,20,21)/t11-,12+/m0/s1. The number of aliphatic carboxylic acids is 1. The van der Waals surface area contributed by atoms with Crippen molar-refractivity contribution in [2.24, 2.45) is 0 Å². The molecular weight excluding hydrogens is 286 g/mol. The molecule has 1 aromatic heterocycles. The molecule has 7 heteroatoms. The van der Waals surface area contributed by atoms with Crippen LogP contribution >= 0.6 is 0 Å². The second-order valence-corrected chi connectivity index (χ2v) is 5.27. The Morgan fingerprint density at radius 1 is 1.32 bits per heavy atom. The highest BCUT2D eigenvalue weighted by Crippen LogP contribution is 2.19. The van der Waals surface area contributed by atoms with E-state index in [1.54, 1.807) is 0 Å². The van der Waals surface area contributed by atoms with Gasteiger partial charge in [-0.05, 0) is 25.0 Å². The van der Waals surface area contributed by atoms with Crippen molar-refractivity contribution in [2.75, 3.05) is 6.54 Å². The number of carbonyl (C=O) groups is 2. The molecule has 0 spiro atoms. The van der Waals surface area contributed by atoms with Gasteiger partial charge in [0.05, 0.1) is 11.0 Å². The number of carboxylic acids is 1. The highest BCUT2D eigenvalue weighted by molar-refractivity contribution is 5.82. The molecule has 22 heavy (non-hydrogen) atoms. The van der Waals surface area contributed by atoms with E-state index in [0.717, 1.165) is 16.9 Å². The molecule has 1 aliphatic rings. The zero-order valence-corrected chi connectivity index (χ0v) is 11.9. The van der Waals surface area contributed by atoms with Gasteiger partial charge in [0.2, 0.25) is 5.91 Å². The van der Waals surface area contributed by atoms with Gasteiger partial charge in [-0.15, -0.1) is 0 Å². The molecule has 0 saturated carbocycles. The number of ether oxygens (including phenoxy) is 1. The lowest BCUT2D eigenvalue weighted by atomic mass is 10.2. The van der Waals surface area contributed by atoms with E-state index in [9.17, 15) is 9.59 Å². The quantitative estimate of drug-likeness (QED) is 0.759. The molecule has 0 unspecified atom stereocenters. The first-order valence-corrected chi connectivity index (χ1v) is 7.23. The van der Waals surface area contributed by atoms with Crippen LogP contribution in [0.1, 0.15) is 18.7 Å².